The normalized spacial score (nSPS) is 11.7. The van der Waals surface area contributed by atoms with Gasteiger partial charge in [0.15, 0.2) is 0 Å². The van der Waals surface area contributed by atoms with Crippen LogP contribution in [0.15, 0.2) is 12.2 Å². The van der Waals surface area contributed by atoms with Crippen LogP contribution in [0.1, 0.15) is 39.0 Å². The van der Waals surface area contributed by atoms with Gasteiger partial charge in [-0.05, 0) is 39.0 Å². The number of carbonyl (C=O) groups excluding carboxylic acids is 2. The zero-order valence-corrected chi connectivity index (χ0v) is 17.2. The lowest BCUT2D eigenvalue weighted by Gasteiger charge is -2.33. The van der Waals surface area contributed by atoms with E-state index in [0.717, 1.165) is 25.7 Å². The van der Waals surface area contributed by atoms with Gasteiger partial charge in [-0.1, -0.05) is 6.58 Å². The van der Waals surface area contributed by atoms with Gasteiger partial charge < -0.3 is 14.8 Å². The zero-order valence-electron chi connectivity index (χ0n) is 16.3. The molecule has 0 aromatic heterocycles. The summed E-state index contributed by atoms with van der Waals surface area (Å²) < 4.78 is 25.8. The largest absolute Gasteiger partial charge is 0.462 e. The maximum absolute atomic E-state index is 11.6. The molecule has 1 amide bonds. The average molecular weight is 396 g/mol. The highest BCUT2D eigenvalue weighted by molar-refractivity contribution is 8.21. The number of rotatable bonds is 15. The van der Waals surface area contributed by atoms with Crippen molar-refractivity contribution >= 4 is 22.9 Å². The minimum absolute atomic E-state index is 0.356. The molecule has 0 aliphatic heterocycles. The molecule has 0 aliphatic carbocycles. The fourth-order valence-electron chi connectivity index (χ4n) is 1.96. The van der Waals surface area contributed by atoms with Crippen LogP contribution in [0, 0.1) is 0 Å². The summed E-state index contributed by atoms with van der Waals surface area (Å²) >= 11 is 0. The molecule has 0 spiro atoms. The Hall–Kier alpha value is -1.29. The first-order valence-electron chi connectivity index (χ1n) is 8.61. The van der Waals surface area contributed by atoms with Crippen LogP contribution in [-0.4, -0.2) is 58.9 Å². The summed E-state index contributed by atoms with van der Waals surface area (Å²) in [5.41, 5.74) is 0.406. The highest BCUT2D eigenvalue weighted by Gasteiger charge is 2.22. The van der Waals surface area contributed by atoms with E-state index >= 15 is 0 Å². The predicted molar refractivity (Wildman–Crippen MR) is 102 cm³/mol. The molecule has 0 bridgehead atoms. The SMILES string of the molecule is C=C(C)C(=O)OCCCCCCOC(=O)NCCCS(OC)(OC)OC. The Morgan fingerprint density at radius 3 is 1.92 bits per heavy atom. The topological polar surface area (TPSA) is 92.3 Å². The molecule has 0 rings (SSSR count). The van der Waals surface area contributed by atoms with Crippen LogP contribution >= 0.6 is 10.9 Å². The molecule has 8 nitrogen and oxygen atoms in total. The summed E-state index contributed by atoms with van der Waals surface area (Å²) in [5, 5.41) is 2.68. The maximum atomic E-state index is 11.6. The van der Waals surface area contributed by atoms with E-state index in [2.05, 4.69) is 11.9 Å². The fourth-order valence-corrected chi connectivity index (χ4v) is 3.36. The molecular formula is C17H33NO7S. The summed E-state index contributed by atoms with van der Waals surface area (Å²) in [4.78, 5) is 22.7. The summed E-state index contributed by atoms with van der Waals surface area (Å²) in [6.45, 7) is 6.34. The minimum atomic E-state index is -1.98. The standard InChI is InChI=1S/C17H33NO7S/c1-15(2)16(19)24-12-8-6-7-9-13-25-17(20)18-11-10-14-26(21-3,22-4)23-5/h1,6-14H2,2-5H3,(H,18,20). The highest BCUT2D eigenvalue weighted by atomic mass is 32.3. The molecule has 0 saturated heterocycles. The molecule has 0 aliphatic rings. The number of nitrogens with one attached hydrogen (secondary N) is 1. The van der Waals surface area contributed by atoms with Gasteiger partial charge in [0.2, 0.25) is 0 Å². The molecule has 154 valence electrons. The minimum Gasteiger partial charge on any atom is -0.462 e. The second-order valence-electron chi connectivity index (χ2n) is 5.51. The number of hydrogen-bond acceptors (Lipinski definition) is 7. The van der Waals surface area contributed by atoms with Crippen molar-refractivity contribution in [2.45, 2.75) is 39.0 Å². The molecule has 0 fully saturated rings. The number of ether oxygens (including phenoxy) is 2. The third-order valence-corrected chi connectivity index (χ3v) is 5.77. The number of esters is 1. The van der Waals surface area contributed by atoms with E-state index in [1.807, 2.05) is 0 Å². The fraction of sp³-hybridized carbons (Fsp3) is 0.765. The number of carbonyl (C=O) groups is 2. The second-order valence-corrected chi connectivity index (χ2v) is 8.03. The van der Waals surface area contributed by atoms with Gasteiger partial charge >= 0.3 is 12.1 Å². The summed E-state index contributed by atoms with van der Waals surface area (Å²) in [7, 11) is 2.63. The number of unbranched alkanes of at least 4 members (excludes halogenated alkanes) is 3. The van der Waals surface area contributed by atoms with E-state index in [1.54, 1.807) is 6.92 Å². The van der Waals surface area contributed by atoms with E-state index < -0.39 is 17.0 Å². The van der Waals surface area contributed by atoms with Gasteiger partial charge in [-0.3, -0.25) is 12.5 Å². The van der Waals surface area contributed by atoms with E-state index in [-0.39, 0.29) is 5.97 Å². The monoisotopic (exact) mass is 395 g/mol. The second kappa shape index (κ2) is 14.8. The van der Waals surface area contributed by atoms with Crippen LogP contribution in [0.3, 0.4) is 0 Å². The van der Waals surface area contributed by atoms with E-state index in [1.165, 1.54) is 21.3 Å². The Kier molecular flexibility index (Phi) is 14.1. The third-order valence-electron chi connectivity index (χ3n) is 3.46. The van der Waals surface area contributed by atoms with Gasteiger partial charge in [-0.15, -0.1) is 0 Å². The molecule has 1 N–H and O–H groups in total. The van der Waals surface area contributed by atoms with Crippen molar-refractivity contribution in [3.05, 3.63) is 12.2 Å². The lowest BCUT2D eigenvalue weighted by atomic mass is 10.2. The molecule has 0 radical (unpaired) electrons. The molecule has 0 unspecified atom stereocenters. The van der Waals surface area contributed by atoms with Gasteiger partial charge in [0.1, 0.15) is 0 Å². The van der Waals surface area contributed by atoms with E-state index in [9.17, 15) is 9.59 Å². The van der Waals surface area contributed by atoms with E-state index in [4.69, 9.17) is 22.0 Å². The van der Waals surface area contributed by atoms with Crippen molar-refractivity contribution in [2.75, 3.05) is 46.8 Å². The van der Waals surface area contributed by atoms with Crippen LogP contribution in [0.4, 0.5) is 4.79 Å². The van der Waals surface area contributed by atoms with Crippen molar-refractivity contribution in [3.63, 3.8) is 0 Å². The molecule has 0 aromatic carbocycles. The van der Waals surface area contributed by atoms with Crippen molar-refractivity contribution in [1.29, 1.82) is 0 Å². The van der Waals surface area contributed by atoms with Crippen LogP contribution in [-0.2, 0) is 26.8 Å². The summed E-state index contributed by atoms with van der Waals surface area (Å²) in [6, 6.07) is 0. The first kappa shape index (κ1) is 24.7. The van der Waals surface area contributed by atoms with Gasteiger partial charge in [-0.2, -0.15) is 0 Å². The van der Waals surface area contributed by atoms with Crippen LogP contribution in [0.2, 0.25) is 0 Å². The van der Waals surface area contributed by atoms with E-state index in [0.29, 0.717) is 37.5 Å². The molecule has 0 atom stereocenters. The van der Waals surface area contributed by atoms with Crippen LogP contribution < -0.4 is 5.32 Å². The number of hydrogen-bond donors (Lipinski definition) is 1. The van der Waals surface area contributed by atoms with Gasteiger partial charge in [-0.25, -0.2) is 9.59 Å². The molecule has 0 heterocycles. The quantitative estimate of drug-likeness (QED) is 0.258. The molecule has 26 heavy (non-hydrogen) atoms. The number of amides is 1. The van der Waals surface area contributed by atoms with Crippen molar-refractivity contribution in [2.24, 2.45) is 0 Å². The van der Waals surface area contributed by atoms with Gasteiger partial charge in [0.25, 0.3) is 0 Å². The Labute approximate surface area is 158 Å². The van der Waals surface area contributed by atoms with Gasteiger partial charge in [0.05, 0.1) is 45.4 Å². The predicted octanol–water partition coefficient (Wildman–Crippen LogP) is 3.27. The Balaban J connectivity index is 3.55. The first-order chi connectivity index (χ1) is 12.4. The molecule has 9 heteroatoms. The first-order valence-corrected chi connectivity index (χ1v) is 10.2. The smallest absolute Gasteiger partial charge is 0.407 e. The summed E-state index contributed by atoms with van der Waals surface area (Å²) in [6.07, 6.45) is 3.58. The van der Waals surface area contributed by atoms with Crippen LogP contribution in [0.5, 0.6) is 0 Å². The highest BCUT2D eigenvalue weighted by Crippen LogP contribution is 2.49. The number of alkyl carbamates (subject to hydrolysis) is 1. The maximum Gasteiger partial charge on any atom is 0.407 e. The lowest BCUT2D eigenvalue weighted by Crippen LogP contribution is -2.27. The summed E-state index contributed by atoms with van der Waals surface area (Å²) in [5.74, 6) is 0.206. The van der Waals surface area contributed by atoms with Crippen molar-refractivity contribution < 1.29 is 31.6 Å². The van der Waals surface area contributed by atoms with Crippen LogP contribution in [0.25, 0.3) is 0 Å². The average Bonchev–Trinajstić information content (AvgIpc) is 2.64. The van der Waals surface area contributed by atoms with Crippen molar-refractivity contribution in [3.8, 4) is 0 Å². The molecule has 0 aromatic rings. The Morgan fingerprint density at radius 2 is 1.42 bits per heavy atom. The third kappa shape index (κ3) is 11.3. The Morgan fingerprint density at radius 1 is 0.885 bits per heavy atom. The van der Waals surface area contributed by atoms with Crippen molar-refractivity contribution in [1.82, 2.24) is 5.32 Å². The lowest BCUT2D eigenvalue weighted by molar-refractivity contribution is -0.139. The zero-order chi connectivity index (χ0) is 19.8. The van der Waals surface area contributed by atoms with Gasteiger partial charge in [0, 0.05) is 17.9 Å². The molecular weight excluding hydrogens is 362 g/mol. The Bertz CT molecular complexity index is 419. The molecule has 0 saturated carbocycles.